The first-order valence-electron chi connectivity index (χ1n) is 13.9. The van der Waals surface area contributed by atoms with Crippen molar-refractivity contribution >= 4 is 17.4 Å². The van der Waals surface area contributed by atoms with E-state index in [1.807, 2.05) is 89.8 Å². The van der Waals surface area contributed by atoms with Gasteiger partial charge in [0.1, 0.15) is 18.5 Å². The van der Waals surface area contributed by atoms with Gasteiger partial charge in [0, 0.05) is 17.8 Å². The summed E-state index contributed by atoms with van der Waals surface area (Å²) in [6.07, 6.45) is 0. The van der Waals surface area contributed by atoms with Gasteiger partial charge in [0.15, 0.2) is 11.5 Å². The van der Waals surface area contributed by atoms with Gasteiger partial charge < -0.3 is 25.8 Å². The molecule has 5 N–H and O–H groups in total. The van der Waals surface area contributed by atoms with Gasteiger partial charge in [-0.3, -0.25) is 10.2 Å². The number of nitrogens with two attached hydrogens (primary N) is 2. The van der Waals surface area contributed by atoms with Crippen LogP contribution in [0.3, 0.4) is 0 Å². The lowest BCUT2D eigenvalue weighted by Crippen LogP contribution is -2.37. The third-order valence-electron chi connectivity index (χ3n) is 7.25. The Kier molecular flexibility index (Phi) is 9.02. The number of hydrogen-bond donors (Lipinski definition) is 3. The Hall–Kier alpha value is -5.56. The molecule has 5 rings (SSSR count). The standard InChI is InChI=1S/C36H34N4O3/c1-42-33-22-30(18-21-32(33)43-24-26-12-14-28(15-13-26)27-10-6-3-7-11-27)34(36(39)41)40(23-25-8-4-2-5-9-25)31-19-16-29(17-20-31)35(37)38/h2-22,34H,23-24H2,1H3,(H3,37,38)(H2,39,41). The molecule has 0 saturated carbocycles. The Balaban J connectivity index is 1.40. The molecule has 0 spiro atoms. The molecule has 0 radical (unpaired) electrons. The molecule has 43 heavy (non-hydrogen) atoms. The largest absolute Gasteiger partial charge is 0.493 e. The molecule has 0 aromatic heterocycles. The van der Waals surface area contributed by atoms with Gasteiger partial charge in [-0.1, -0.05) is 91.0 Å². The van der Waals surface area contributed by atoms with E-state index in [0.717, 1.165) is 27.9 Å². The second-order valence-electron chi connectivity index (χ2n) is 10.1. The summed E-state index contributed by atoms with van der Waals surface area (Å²) in [5, 5.41) is 7.74. The van der Waals surface area contributed by atoms with Crippen molar-refractivity contribution in [3.05, 3.63) is 150 Å². The highest BCUT2D eigenvalue weighted by atomic mass is 16.5. The van der Waals surface area contributed by atoms with Crippen LogP contribution in [0.25, 0.3) is 11.1 Å². The van der Waals surface area contributed by atoms with Gasteiger partial charge in [-0.05, 0) is 64.2 Å². The number of benzene rings is 5. The molecule has 0 aliphatic rings. The number of nitrogens with zero attached hydrogens (tertiary/aromatic N) is 1. The third-order valence-corrected chi connectivity index (χ3v) is 7.25. The minimum Gasteiger partial charge on any atom is -0.493 e. The summed E-state index contributed by atoms with van der Waals surface area (Å²) in [7, 11) is 1.57. The summed E-state index contributed by atoms with van der Waals surface area (Å²) in [6.45, 7) is 0.778. The summed E-state index contributed by atoms with van der Waals surface area (Å²) >= 11 is 0. The second-order valence-corrected chi connectivity index (χ2v) is 10.1. The number of methoxy groups -OCH3 is 1. The van der Waals surface area contributed by atoms with Crippen LogP contribution < -0.4 is 25.8 Å². The summed E-state index contributed by atoms with van der Waals surface area (Å²) in [5.41, 5.74) is 18.1. The van der Waals surface area contributed by atoms with Crippen molar-refractivity contribution < 1.29 is 14.3 Å². The molecule has 0 heterocycles. The van der Waals surface area contributed by atoms with Crippen LogP contribution in [0.4, 0.5) is 5.69 Å². The minimum atomic E-state index is -0.808. The number of ether oxygens (including phenoxy) is 2. The molecular formula is C36H34N4O3. The third kappa shape index (κ3) is 7.02. The van der Waals surface area contributed by atoms with E-state index >= 15 is 0 Å². The topological polar surface area (TPSA) is 115 Å². The average Bonchev–Trinajstić information content (AvgIpc) is 3.04. The fourth-order valence-electron chi connectivity index (χ4n) is 5.00. The predicted molar refractivity (Wildman–Crippen MR) is 171 cm³/mol. The van der Waals surface area contributed by atoms with E-state index < -0.39 is 11.9 Å². The number of anilines is 1. The van der Waals surface area contributed by atoms with Crippen LogP contribution in [0.5, 0.6) is 11.5 Å². The van der Waals surface area contributed by atoms with Gasteiger partial charge in [-0.25, -0.2) is 0 Å². The number of rotatable bonds is 12. The smallest absolute Gasteiger partial charge is 0.244 e. The predicted octanol–water partition coefficient (Wildman–Crippen LogP) is 6.46. The van der Waals surface area contributed by atoms with E-state index in [1.54, 1.807) is 25.3 Å². The number of carbonyl (C=O) groups is 1. The van der Waals surface area contributed by atoms with Crippen molar-refractivity contribution in [2.75, 3.05) is 12.0 Å². The molecular weight excluding hydrogens is 536 g/mol. The Labute approximate surface area is 251 Å². The molecule has 0 aliphatic heterocycles. The zero-order valence-electron chi connectivity index (χ0n) is 23.9. The first kappa shape index (κ1) is 29.0. The van der Waals surface area contributed by atoms with E-state index in [-0.39, 0.29) is 5.84 Å². The molecule has 1 atom stereocenters. The van der Waals surface area contributed by atoms with Crippen molar-refractivity contribution in [2.45, 2.75) is 19.2 Å². The van der Waals surface area contributed by atoms with E-state index in [4.69, 9.17) is 26.4 Å². The quantitative estimate of drug-likeness (QED) is 0.118. The van der Waals surface area contributed by atoms with Crippen LogP contribution >= 0.6 is 0 Å². The Bertz CT molecular complexity index is 1670. The average molecular weight is 571 g/mol. The first-order valence-corrected chi connectivity index (χ1v) is 13.9. The van der Waals surface area contributed by atoms with Crippen LogP contribution in [0.2, 0.25) is 0 Å². The zero-order chi connectivity index (χ0) is 30.2. The molecule has 0 bridgehead atoms. The lowest BCUT2D eigenvalue weighted by atomic mass is 10.0. The van der Waals surface area contributed by atoms with E-state index in [1.165, 1.54) is 0 Å². The number of amides is 1. The van der Waals surface area contributed by atoms with Crippen LogP contribution in [0, 0.1) is 5.41 Å². The highest BCUT2D eigenvalue weighted by molar-refractivity contribution is 5.95. The summed E-state index contributed by atoms with van der Waals surface area (Å²) in [5.74, 6) is 0.513. The van der Waals surface area contributed by atoms with Crippen LogP contribution in [-0.4, -0.2) is 18.9 Å². The fourth-order valence-corrected chi connectivity index (χ4v) is 5.00. The number of amidine groups is 1. The van der Waals surface area contributed by atoms with Gasteiger partial charge in [-0.2, -0.15) is 0 Å². The fraction of sp³-hybridized carbons (Fsp3) is 0.111. The molecule has 7 nitrogen and oxygen atoms in total. The Morgan fingerprint density at radius 2 is 1.37 bits per heavy atom. The first-order chi connectivity index (χ1) is 20.9. The maximum absolute atomic E-state index is 13.1. The lowest BCUT2D eigenvalue weighted by Gasteiger charge is -2.32. The van der Waals surface area contributed by atoms with Crippen molar-refractivity contribution in [3.63, 3.8) is 0 Å². The molecule has 1 amide bonds. The molecule has 7 heteroatoms. The molecule has 216 valence electrons. The maximum atomic E-state index is 13.1. The highest BCUT2D eigenvalue weighted by Crippen LogP contribution is 2.35. The SMILES string of the molecule is COc1cc(C(C(N)=O)N(Cc2ccccc2)c2ccc(C(=N)N)cc2)ccc1OCc1ccc(-c2ccccc2)cc1. The summed E-state index contributed by atoms with van der Waals surface area (Å²) in [4.78, 5) is 15.0. The van der Waals surface area contributed by atoms with Gasteiger partial charge in [0.05, 0.1) is 7.11 Å². The normalized spacial score (nSPS) is 11.4. The Morgan fingerprint density at radius 1 is 0.744 bits per heavy atom. The number of hydrogen-bond acceptors (Lipinski definition) is 5. The van der Waals surface area contributed by atoms with Crippen LogP contribution in [0.15, 0.2) is 127 Å². The van der Waals surface area contributed by atoms with Crippen molar-refractivity contribution in [2.24, 2.45) is 11.5 Å². The van der Waals surface area contributed by atoms with Crippen LogP contribution in [-0.2, 0) is 17.9 Å². The molecule has 1 unspecified atom stereocenters. The number of nitrogen functional groups attached to an aromatic ring is 1. The van der Waals surface area contributed by atoms with E-state index in [9.17, 15) is 4.79 Å². The Morgan fingerprint density at radius 3 is 1.98 bits per heavy atom. The number of carbonyl (C=O) groups excluding carboxylic acids is 1. The van der Waals surface area contributed by atoms with Gasteiger partial charge >= 0.3 is 0 Å². The summed E-state index contributed by atoms with van der Waals surface area (Å²) < 4.78 is 11.8. The van der Waals surface area contributed by atoms with Gasteiger partial charge in [-0.15, -0.1) is 0 Å². The van der Waals surface area contributed by atoms with Crippen molar-refractivity contribution in [1.82, 2.24) is 0 Å². The monoisotopic (exact) mass is 570 g/mol. The van der Waals surface area contributed by atoms with E-state index in [2.05, 4.69) is 24.3 Å². The maximum Gasteiger partial charge on any atom is 0.244 e. The van der Waals surface area contributed by atoms with Crippen LogP contribution in [0.1, 0.15) is 28.3 Å². The molecule has 0 saturated heterocycles. The van der Waals surface area contributed by atoms with E-state index in [0.29, 0.717) is 35.8 Å². The van der Waals surface area contributed by atoms with Crippen molar-refractivity contribution in [3.8, 4) is 22.6 Å². The molecule has 0 fully saturated rings. The number of nitrogens with one attached hydrogen (secondary N) is 1. The molecule has 5 aromatic rings. The number of primary amides is 1. The molecule has 5 aromatic carbocycles. The minimum absolute atomic E-state index is 0.0277. The zero-order valence-corrected chi connectivity index (χ0v) is 23.9. The summed E-state index contributed by atoms with van der Waals surface area (Å²) in [6, 6.07) is 40.2. The highest BCUT2D eigenvalue weighted by Gasteiger charge is 2.28. The lowest BCUT2D eigenvalue weighted by molar-refractivity contribution is -0.119. The van der Waals surface area contributed by atoms with Gasteiger partial charge in [0.25, 0.3) is 0 Å². The molecule has 0 aliphatic carbocycles. The van der Waals surface area contributed by atoms with Crippen molar-refractivity contribution in [1.29, 1.82) is 5.41 Å². The second kappa shape index (κ2) is 13.4. The van der Waals surface area contributed by atoms with Gasteiger partial charge in [0.2, 0.25) is 5.91 Å².